The Balaban J connectivity index is 2.01. The van der Waals surface area contributed by atoms with Gasteiger partial charge in [-0.15, -0.1) is 0 Å². The van der Waals surface area contributed by atoms with E-state index in [1.54, 1.807) is 12.1 Å². The molecule has 0 spiro atoms. The first kappa shape index (κ1) is 16.6. The van der Waals surface area contributed by atoms with E-state index in [9.17, 15) is 14.9 Å². The van der Waals surface area contributed by atoms with Crippen LogP contribution in [-0.4, -0.2) is 29.8 Å². The summed E-state index contributed by atoms with van der Waals surface area (Å²) in [5.74, 6) is -0.449. The summed E-state index contributed by atoms with van der Waals surface area (Å²) in [5, 5.41) is 13.7. The second kappa shape index (κ2) is 7.51. The molecule has 0 aliphatic carbocycles. The minimum Gasteiger partial charge on any atom is -0.348 e. The number of nitro groups is 1. The van der Waals surface area contributed by atoms with Crippen LogP contribution in [0.1, 0.15) is 21.5 Å². The van der Waals surface area contributed by atoms with E-state index in [1.165, 1.54) is 17.7 Å². The monoisotopic (exact) mass is 313 g/mol. The maximum Gasteiger partial charge on any atom is 0.282 e. The summed E-state index contributed by atoms with van der Waals surface area (Å²) >= 11 is 0. The minimum absolute atomic E-state index is 0.0710. The van der Waals surface area contributed by atoms with Crippen LogP contribution in [0.15, 0.2) is 48.5 Å². The van der Waals surface area contributed by atoms with E-state index >= 15 is 0 Å². The molecule has 23 heavy (non-hydrogen) atoms. The summed E-state index contributed by atoms with van der Waals surface area (Å²) in [5.41, 5.74) is 2.01. The second-order valence-electron chi connectivity index (χ2n) is 5.51. The van der Waals surface area contributed by atoms with E-state index in [4.69, 9.17) is 0 Å². The number of benzene rings is 2. The Labute approximate surface area is 134 Å². The molecule has 0 radical (unpaired) electrons. The van der Waals surface area contributed by atoms with Gasteiger partial charge in [0.1, 0.15) is 5.56 Å². The van der Waals surface area contributed by atoms with E-state index in [2.05, 4.69) is 10.2 Å². The maximum atomic E-state index is 12.1. The third-order valence-corrected chi connectivity index (χ3v) is 3.32. The molecule has 2 aromatic rings. The molecule has 6 nitrogen and oxygen atoms in total. The molecular weight excluding hydrogens is 294 g/mol. The quantitative estimate of drug-likeness (QED) is 0.657. The number of hydrogen-bond donors (Lipinski definition) is 1. The molecule has 120 valence electrons. The third kappa shape index (κ3) is 4.62. The van der Waals surface area contributed by atoms with Crippen LogP contribution in [0.5, 0.6) is 0 Å². The van der Waals surface area contributed by atoms with Crippen molar-refractivity contribution in [3.05, 3.63) is 75.3 Å². The van der Waals surface area contributed by atoms with Gasteiger partial charge in [0.15, 0.2) is 0 Å². The summed E-state index contributed by atoms with van der Waals surface area (Å²) < 4.78 is 0. The average Bonchev–Trinajstić information content (AvgIpc) is 2.53. The summed E-state index contributed by atoms with van der Waals surface area (Å²) in [4.78, 5) is 24.6. The van der Waals surface area contributed by atoms with Crippen molar-refractivity contribution in [2.75, 3.05) is 14.1 Å². The lowest BCUT2D eigenvalue weighted by Gasteiger charge is -2.10. The molecule has 6 heteroatoms. The highest BCUT2D eigenvalue weighted by Gasteiger charge is 2.18. The SMILES string of the molecule is CN(C)Cc1ccc(CNC(=O)c2ccccc2[N+](=O)[O-])cc1. The normalized spacial score (nSPS) is 10.6. The summed E-state index contributed by atoms with van der Waals surface area (Å²) in [7, 11) is 4.00. The van der Waals surface area contributed by atoms with Gasteiger partial charge in [-0.3, -0.25) is 14.9 Å². The molecule has 0 aliphatic heterocycles. The predicted octanol–water partition coefficient (Wildman–Crippen LogP) is 2.59. The number of nitro benzene ring substituents is 1. The first-order valence-electron chi connectivity index (χ1n) is 7.21. The van der Waals surface area contributed by atoms with Gasteiger partial charge in [-0.05, 0) is 31.3 Å². The zero-order valence-electron chi connectivity index (χ0n) is 13.2. The number of carbonyl (C=O) groups excluding carboxylic acids is 1. The highest BCUT2D eigenvalue weighted by Crippen LogP contribution is 2.17. The maximum absolute atomic E-state index is 12.1. The average molecular weight is 313 g/mol. The Morgan fingerprint density at radius 2 is 1.70 bits per heavy atom. The van der Waals surface area contributed by atoms with Gasteiger partial charge in [0.05, 0.1) is 4.92 Å². The van der Waals surface area contributed by atoms with Gasteiger partial charge < -0.3 is 10.2 Å². The van der Waals surface area contributed by atoms with E-state index in [1.807, 2.05) is 38.4 Å². The minimum atomic E-state index is -0.551. The Morgan fingerprint density at radius 3 is 2.30 bits per heavy atom. The Morgan fingerprint density at radius 1 is 1.09 bits per heavy atom. The number of amides is 1. The van der Waals surface area contributed by atoms with Gasteiger partial charge in [0.25, 0.3) is 11.6 Å². The zero-order chi connectivity index (χ0) is 16.8. The lowest BCUT2D eigenvalue weighted by molar-refractivity contribution is -0.385. The van der Waals surface area contributed by atoms with Crippen LogP contribution in [0.3, 0.4) is 0 Å². The number of hydrogen-bond acceptors (Lipinski definition) is 4. The van der Waals surface area contributed by atoms with Crippen molar-refractivity contribution in [2.24, 2.45) is 0 Å². The largest absolute Gasteiger partial charge is 0.348 e. The Bertz CT molecular complexity index is 696. The molecule has 2 aromatic carbocycles. The van der Waals surface area contributed by atoms with Gasteiger partial charge in [0, 0.05) is 19.2 Å². The van der Waals surface area contributed by atoms with Crippen LogP contribution in [0.25, 0.3) is 0 Å². The zero-order valence-corrected chi connectivity index (χ0v) is 13.2. The van der Waals surface area contributed by atoms with Crippen LogP contribution < -0.4 is 5.32 Å². The van der Waals surface area contributed by atoms with Gasteiger partial charge in [-0.1, -0.05) is 36.4 Å². The van der Waals surface area contributed by atoms with Gasteiger partial charge >= 0.3 is 0 Å². The lowest BCUT2D eigenvalue weighted by atomic mass is 10.1. The molecule has 0 aliphatic rings. The van der Waals surface area contributed by atoms with Crippen LogP contribution in [0, 0.1) is 10.1 Å². The van der Waals surface area contributed by atoms with E-state index in [-0.39, 0.29) is 11.3 Å². The molecule has 0 saturated heterocycles. The van der Waals surface area contributed by atoms with E-state index < -0.39 is 10.8 Å². The molecule has 0 aromatic heterocycles. The standard InChI is InChI=1S/C17H19N3O3/c1-19(2)12-14-9-7-13(8-10-14)11-18-17(21)15-5-3-4-6-16(15)20(22)23/h3-10H,11-12H2,1-2H3,(H,18,21). The van der Waals surface area contributed by atoms with Crippen molar-refractivity contribution in [1.82, 2.24) is 10.2 Å². The highest BCUT2D eigenvalue weighted by atomic mass is 16.6. The van der Waals surface area contributed by atoms with Crippen molar-refractivity contribution in [2.45, 2.75) is 13.1 Å². The fourth-order valence-corrected chi connectivity index (χ4v) is 2.23. The fraction of sp³-hybridized carbons (Fsp3) is 0.235. The molecule has 0 fully saturated rings. The van der Waals surface area contributed by atoms with E-state index in [0.29, 0.717) is 6.54 Å². The van der Waals surface area contributed by atoms with Crippen molar-refractivity contribution in [1.29, 1.82) is 0 Å². The number of rotatable bonds is 6. The fourth-order valence-electron chi connectivity index (χ4n) is 2.23. The molecule has 1 N–H and O–H groups in total. The number of nitrogens with zero attached hydrogens (tertiary/aromatic N) is 2. The van der Waals surface area contributed by atoms with Crippen LogP contribution in [-0.2, 0) is 13.1 Å². The summed E-state index contributed by atoms with van der Waals surface area (Å²) in [6.45, 7) is 1.18. The highest BCUT2D eigenvalue weighted by molar-refractivity contribution is 5.98. The third-order valence-electron chi connectivity index (χ3n) is 3.32. The first-order valence-corrected chi connectivity index (χ1v) is 7.21. The van der Waals surface area contributed by atoms with Gasteiger partial charge in [-0.2, -0.15) is 0 Å². The van der Waals surface area contributed by atoms with Crippen LogP contribution >= 0.6 is 0 Å². The molecule has 0 saturated carbocycles. The number of para-hydroxylation sites is 1. The molecule has 0 unspecified atom stereocenters. The molecule has 0 atom stereocenters. The predicted molar refractivity (Wildman–Crippen MR) is 88.1 cm³/mol. The van der Waals surface area contributed by atoms with E-state index in [0.717, 1.165) is 12.1 Å². The molecule has 1 amide bonds. The lowest BCUT2D eigenvalue weighted by Crippen LogP contribution is -2.23. The smallest absolute Gasteiger partial charge is 0.282 e. The van der Waals surface area contributed by atoms with Crippen LogP contribution in [0.2, 0.25) is 0 Å². The summed E-state index contributed by atoms with van der Waals surface area (Å²) in [6, 6.07) is 13.8. The number of nitrogens with one attached hydrogen (secondary N) is 1. The summed E-state index contributed by atoms with van der Waals surface area (Å²) in [6.07, 6.45) is 0. The molecular formula is C17H19N3O3. The van der Waals surface area contributed by atoms with Crippen molar-refractivity contribution >= 4 is 11.6 Å². The van der Waals surface area contributed by atoms with Crippen LogP contribution in [0.4, 0.5) is 5.69 Å². The first-order chi connectivity index (χ1) is 11.0. The topological polar surface area (TPSA) is 75.5 Å². The van der Waals surface area contributed by atoms with Gasteiger partial charge in [-0.25, -0.2) is 0 Å². The molecule has 2 rings (SSSR count). The van der Waals surface area contributed by atoms with Crippen molar-refractivity contribution in [3.63, 3.8) is 0 Å². The molecule has 0 heterocycles. The Hall–Kier alpha value is -2.73. The number of carbonyl (C=O) groups is 1. The van der Waals surface area contributed by atoms with Crippen molar-refractivity contribution < 1.29 is 9.72 Å². The second-order valence-corrected chi connectivity index (χ2v) is 5.51. The van der Waals surface area contributed by atoms with Gasteiger partial charge in [0.2, 0.25) is 0 Å². The molecule has 0 bridgehead atoms. The Kier molecular flexibility index (Phi) is 5.43. The van der Waals surface area contributed by atoms with Crippen molar-refractivity contribution in [3.8, 4) is 0 Å².